The number of nitrogens with one attached hydrogen (secondary N) is 2. The summed E-state index contributed by atoms with van der Waals surface area (Å²) in [7, 11) is -3.53. The molecule has 2 aromatic rings. The second-order valence-electron chi connectivity index (χ2n) is 6.92. The molecule has 0 saturated heterocycles. The largest absolute Gasteiger partial charge is 0.285 e. The molecule has 2 N–H and O–H groups in total. The summed E-state index contributed by atoms with van der Waals surface area (Å²) in [5.41, 5.74) is 3.70. The minimum Gasteiger partial charge on any atom is -0.285 e. The van der Waals surface area contributed by atoms with Crippen molar-refractivity contribution >= 4 is 10.0 Å². The van der Waals surface area contributed by atoms with E-state index < -0.39 is 10.0 Å². The zero-order valence-corrected chi connectivity index (χ0v) is 15.2. The van der Waals surface area contributed by atoms with E-state index >= 15 is 0 Å². The van der Waals surface area contributed by atoms with Crippen molar-refractivity contribution in [3.63, 3.8) is 0 Å². The van der Waals surface area contributed by atoms with Gasteiger partial charge in [-0.2, -0.15) is 5.10 Å². The maximum absolute atomic E-state index is 12.7. The quantitative estimate of drug-likeness (QED) is 0.882. The number of sulfonamides is 1. The molecule has 1 aromatic heterocycles. The van der Waals surface area contributed by atoms with Gasteiger partial charge in [-0.15, -0.1) is 0 Å². The fourth-order valence-electron chi connectivity index (χ4n) is 2.36. The molecule has 2 rings (SSSR count). The van der Waals surface area contributed by atoms with E-state index in [2.05, 4.69) is 41.8 Å². The Bertz CT molecular complexity index is 773. The lowest BCUT2D eigenvalue weighted by Crippen LogP contribution is -2.27. The van der Waals surface area contributed by atoms with E-state index in [1.807, 2.05) is 13.8 Å². The Morgan fingerprint density at radius 3 is 2.48 bits per heavy atom. The van der Waals surface area contributed by atoms with Crippen LogP contribution in [0.25, 0.3) is 0 Å². The van der Waals surface area contributed by atoms with Crippen LogP contribution in [0.5, 0.6) is 0 Å². The molecule has 1 aromatic carbocycles. The van der Waals surface area contributed by atoms with Crippen molar-refractivity contribution in [2.45, 2.75) is 51.3 Å². The first-order chi connectivity index (χ1) is 10.6. The second kappa shape index (κ2) is 6.45. The maximum atomic E-state index is 12.7. The molecule has 0 fully saturated rings. The van der Waals surface area contributed by atoms with Crippen molar-refractivity contribution in [2.75, 3.05) is 6.54 Å². The van der Waals surface area contributed by atoms with Crippen LogP contribution in [0, 0.1) is 13.8 Å². The maximum Gasteiger partial charge on any atom is 0.240 e. The number of nitrogens with zero attached hydrogens (tertiary/aromatic N) is 1. The third kappa shape index (κ3) is 4.20. The summed E-state index contributed by atoms with van der Waals surface area (Å²) in [5, 5.41) is 6.58. The number of aromatic nitrogens is 2. The van der Waals surface area contributed by atoms with Crippen LogP contribution in [0.3, 0.4) is 0 Å². The smallest absolute Gasteiger partial charge is 0.240 e. The summed E-state index contributed by atoms with van der Waals surface area (Å²) in [6, 6.07) is 3.86. The fraction of sp³-hybridized carbons (Fsp3) is 0.471. The summed E-state index contributed by atoms with van der Waals surface area (Å²) in [5.74, 6) is 0. The van der Waals surface area contributed by atoms with Gasteiger partial charge in [-0.25, -0.2) is 13.1 Å². The van der Waals surface area contributed by atoms with Gasteiger partial charge >= 0.3 is 0 Å². The predicted molar refractivity (Wildman–Crippen MR) is 92.1 cm³/mol. The van der Waals surface area contributed by atoms with Crippen molar-refractivity contribution < 1.29 is 8.42 Å². The number of benzene rings is 1. The molecule has 6 heteroatoms. The molecule has 0 unspecified atom stereocenters. The normalized spacial score (nSPS) is 12.6. The number of hydrogen-bond donors (Lipinski definition) is 2. The number of aryl methyl sites for hydroxylation is 1. The number of aromatic amines is 1. The SMILES string of the molecule is Cc1cc(C(C)(C)C)cc(S(=O)(=O)NCCc2cn[nH]c2)c1C. The summed E-state index contributed by atoms with van der Waals surface area (Å²) >= 11 is 0. The topological polar surface area (TPSA) is 74.8 Å². The van der Waals surface area contributed by atoms with Crippen molar-refractivity contribution in [1.82, 2.24) is 14.9 Å². The lowest BCUT2D eigenvalue weighted by atomic mass is 9.85. The molecule has 0 atom stereocenters. The van der Waals surface area contributed by atoms with E-state index in [1.54, 1.807) is 18.5 Å². The Labute approximate surface area is 138 Å². The van der Waals surface area contributed by atoms with Gasteiger partial charge in [0.2, 0.25) is 10.0 Å². The molecule has 0 bridgehead atoms. The van der Waals surface area contributed by atoms with Gasteiger partial charge in [-0.1, -0.05) is 26.8 Å². The molecule has 1 heterocycles. The number of hydrogen-bond acceptors (Lipinski definition) is 3. The van der Waals surface area contributed by atoms with Crippen molar-refractivity contribution in [1.29, 1.82) is 0 Å². The summed E-state index contributed by atoms with van der Waals surface area (Å²) in [6.07, 6.45) is 4.07. The average molecular weight is 335 g/mol. The summed E-state index contributed by atoms with van der Waals surface area (Å²) in [4.78, 5) is 0.370. The van der Waals surface area contributed by atoms with Gasteiger partial charge in [0.25, 0.3) is 0 Å². The van der Waals surface area contributed by atoms with E-state index in [0.717, 1.165) is 22.3 Å². The third-order valence-corrected chi connectivity index (χ3v) is 5.62. The molecule has 0 aliphatic rings. The van der Waals surface area contributed by atoms with Crippen molar-refractivity contribution in [2.24, 2.45) is 0 Å². The number of H-pyrrole nitrogens is 1. The van der Waals surface area contributed by atoms with Crippen LogP contribution in [0.2, 0.25) is 0 Å². The van der Waals surface area contributed by atoms with Crippen molar-refractivity contribution in [3.05, 3.63) is 46.8 Å². The first-order valence-electron chi connectivity index (χ1n) is 7.70. The average Bonchev–Trinajstić information content (AvgIpc) is 2.93. The Balaban J connectivity index is 2.26. The molecule has 23 heavy (non-hydrogen) atoms. The molecular weight excluding hydrogens is 310 g/mol. The van der Waals surface area contributed by atoms with Gasteiger partial charge in [0.05, 0.1) is 11.1 Å². The first-order valence-corrected chi connectivity index (χ1v) is 9.18. The van der Waals surface area contributed by atoms with Gasteiger partial charge in [-0.3, -0.25) is 5.10 Å². The van der Waals surface area contributed by atoms with Gasteiger partial charge in [0.1, 0.15) is 0 Å². The molecule has 0 aliphatic heterocycles. The Kier molecular flexibility index (Phi) is 4.96. The summed E-state index contributed by atoms with van der Waals surface area (Å²) in [6.45, 7) is 10.4. The van der Waals surface area contributed by atoms with Crippen molar-refractivity contribution in [3.8, 4) is 0 Å². The van der Waals surface area contributed by atoms with E-state index in [0.29, 0.717) is 17.9 Å². The standard InChI is InChI=1S/C17H25N3O2S/c1-12-8-15(17(3,4)5)9-16(13(12)2)23(21,22)20-7-6-14-10-18-19-11-14/h8-11,20H,6-7H2,1-5H3,(H,18,19). The zero-order valence-electron chi connectivity index (χ0n) is 14.4. The first kappa shape index (κ1) is 17.7. The van der Waals surface area contributed by atoms with E-state index in [9.17, 15) is 8.42 Å². The number of rotatable bonds is 5. The van der Waals surface area contributed by atoms with Crippen LogP contribution < -0.4 is 4.72 Å². The molecule has 0 saturated carbocycles. The zero-order chi connectivity index (χ0) is 17.3. The van der Waals surface area contributed by atoms with Gasteiger partial charge in [0, 0.05) is 12.7 Å². The highest BCUT2D eigenvalue weighted by Crippen LogP contribution is 2.28. The van der Waals surface area contributed by atoms with Gasteiger partial charge in [0.15, 0.2) is 0 Å². The second-order valence-corrected chi connectivity index (χ2v) is 8.66. The molecule has 126 valence electrons. The van der Waals surface area contributed by atoms with Crippen LogP contribution in [0.15, 0.2) is 29.4 Å². The van der Waals surface area contributed by atoms with Crippen LogP contribution in [-0.4, -0.2) is 25.2 Å². The Morgan fingerprint density at radius 2 is 1.91 bits per heavy atom. The molecule has 0 amide bonds. The van der Waals surface area contributed by atoms with E-state index in [-0.39, 0.29) is 5.41 Å². The molecule has 0 radical (unpaired) electrons. The molecular formula is C17H25N3O2S. The van der Waals surface area contributed by atoms with Crippen LogP contribution >= 0.6 is 0 Å². The Hall–Kier alpha value is -1.66. The van der Waals surface area contributed by atoms with Gasteiger partial charge < -0.3 is 0 Å². The minimum absolute atomic E-state index is 0.0977. The Morgan fingerprint density at radius 1 is 1.22 bits per heavy atom. The monoisotopic (exact) mass is 335 g/mol. The fourth-order valence-corrected chi connectivity index (χ4v) is 3.73. The molecule has 0 spiro atoms. The van der Waals surface area contributed by atoms with Gasteiger partial charge in [-0.05, 0) is 54.0 Å². The highest BCUT2D eigenvalue weighted by atomic mass is 32.2. The minimum atomic E-state index is -3.53. The van der Waals surface area contributed by atoms with E-state index in [4.69, 9.17) is 0 Å². The van der Waals surface area contributed by atoms with Crippen LogP contribution in [0.1, 0.15) is 43.0 Å². The highest BCUT2D eigenvalue weighted by Gasteiger charge is 2.22. The third-order valence-electron chi connectivity index (χ3n) is 4.04. The van der Waals surface area contributed by atoms with Crippen LogP contribution in [0.4, 0.5) is 0 Å². The van der Waals surface area contributed by atoms with Crippen LogP contribution in [-0.2, 0) is 21.9 Å². The molecule has 5 nitrogen and oxygen atoms in total. The lowest BCUT2D eigenvalue weighted by Gasteiger charge is -2.22. The summed E-state index contributed by atoms with van der Waals surface area (Å²) < 4.78 is 28.0. The predicted octanol–water partition coefficient (Wildman–Crippen LogP) is 2.85. The molecule has 0 aliphatic carbocycles. The van der Waals surface area contributed by atoms with E-state index in [1.165, 1.54) is 0 Å². The highest BCUT2D eigenvalue weighted by molar-refractivity contribution is 7.89. The lowest BCUT2D eigenvalue weighted by molar-refractivity contribution is 0.574.